The summed E-state index contributed by atoms with van der Waals surface area (Å²) in [5.74, 6) is 0.926. The summed E-state index contributed by atoms with van der Waals surface area (Å²) in [5.41, 5.74) is 2.89. The minimum absolute atomic E-state index is 0.926. The quantitative estimate of drug-likeness (QED) is 0.765. The topological polar surface area (TPSA) is 9.23 Å². The summed E-state index contributed by atoms with van der Waals surface area (Å²) >= 11 is 1.96. The molecular weight excluding hydrogens is 228 g/mol. The minimum Gasteiger partial charge on any atom is -0.497 e. The van der Waals surface area contributed by atoms with Gasteiger partial charge in [0.05, 0.1) is 7.11 Å². The zero-order valence-electron chi connectivity index (χ0n) is 10.0. The van der Waals surface area contributed by atoms with E-state index in [0.717, 1.165) is 5.75 Å². The van der Waals surface area contributed by atoms with E-state index in [4.69, 9.17) is 4.74 Å². The first kappa shape index (κ1) is 10.8. The van der Waals surface area contributed by atoms with E-state index in [9.17, 15) is 0 Å². The fourth-order valence-corrected chi connectivity index (χ4v) is 3.65. The van der Waals surface area contributed by atoms with Crippen molar-refractivity contribution in [2.75, 3.05) is 7.11 Å². The summed E-state index contributed by atoms with van der Waals surface area (Å²) in [6, 6.07) is 10.7. The summed E-state index contributed by atoms with van der Waals surface area (Å²) in [6.45, 7) is 0. The first-order valence-corrected chi connectivity index (χ1v) is 6.94. The molecule has 1 aliphatic carbocycles. The van der Waals surface area contributed by atoms with Gasteiger partial charge in [-0.1, -0.05) is 0 Å². The van der Waals surface area contributed by atoms with Gasteiger partial charge in [0, 0.05) is 9.75 Å². The average molecular weight is 244 g/mol. The molecule has 0 aliphatic heterocycles. The summed E-state index contributed by atoms with van der Waals surface area (Å²) in [4.78, 5) is 3.00. The molecular formula is C15H16OS. The Morgan fingerprint density at radius 1 is 1.06 bits per heavy atom. The van der Waals surface area contributed by atoms with E-state index >= 15 is 0 Å². The van der Waals surface area contributed by atoms with Gasteiger partial charge in [0.25, 0.3) is 0 Å². The predicted octanol–water partition coefficient (Wildman–Crippen LogP) is 4.30. The van der Waals surface area contributed by atoms with Crippen LogP contribution >= 0.6 is 11.3 Å². The Hall–Kier alpha value is -1.28. The second kappa shape index (κ2) is 4.53. The minimum atomic E-state index is 0.926. The van der Waals surface area contributed by atoms with E-state index in [1.165, 1.54) is 36.1 Å². The second-order valence-corrected chi connectivity index (χ2v) is 5.63. The van der Waals surface area contributed by atoms with E-state index in [1.54, 1.807) is 17.6 Å². The van der Waals surface area contributed by atoms with E-state index < -0.39 is 0 Å². The lowest BCUT2D eigenvalue weighted by atomic mass is 9.99. The predicted molar refractivity (Wildman–Crippen MR) is 72.9 cm³/mol. The van der Waals surface area contributed by atoms with Gasteiger partial charge in [-0.2, -0.15) is 0 Å². The number of methoxy groups -OCH3 is 1. The number of hydrogen-bond donors (Lipinski definition) is 0. The zero-order valence-corrected chi connectivity index (χ0v) is 10.8. The van der Waals surface area contributed by atoms with Crippen LogP contribution in [0, 0.1) is 0 Å². The van der Waals surface area contributed by atoms with Crippen molar-refractivity contribution in [1.29, 1.82) is 0 Å². The van der Waals surface area contributed by atoms with Crippen LogP contribution in [0.4, 0.5) is 0 Å². The average Bonchev–Trinajstić information content (AvgIpc) is 2.82. The van der Waals surface area contributed by atoms with Crippen LogP contribution in [0.1, 0.15) is 23.3 Å². The van der Waals surface area contributed by atoms with Crippen LogP contribution < -0.4 is 4.74 Å². The molecule has 0 atom stereocenters. The van der Waals surface area contributed by atoms with E-state index in [0.29, 0.717) is 0 Å². The molecule has 0 fully saturated rings. The van der Waals surface area contributed by atoms with Gasteiger partial charge in [-0.25, -0.2) is 0 Å². The molecule has 0 radical (unpaired) electrons. The Morgan fingerprint density at radius 2 is 1.82 bits per heavy atom. The van der Waals surface area contributed by atoms with E-state index in [2.05, 4.69) is 18.2 Å². The molecule has 0 amide bonds. The van der Waals surface area contributed by atoms with Gasteiger partial charge in [0.15, 0.2) is 0 Å². The first-order valence-electron chi connectivity index (χ1n) is 6.13. The fraction of sp³-hybridized carbons (Fsp3) is 0.333. The summed E-state index contributed by atoms with van der Waals surface area (Å²) in [5, 5.41) is 0. The lowest BCUT2D eigenvalue weighted by molar-refractivity contribution is 0.415. The molecule has 2 aromatic rings. The monoisotopic (exact) mass is 244 g/mol. The van der Waals surface area contributed by atoms with Crippen molar-refractivity contribution >= 4 is 11.3 Å². The fourth-order valence-electron chi connectivity index (χ4n) is 2.39. The Labute approximate surface area is 106 Å². The maximum absolute atomic E-state index is 5.19. The van der Waals surface area contributed by atoms with Crippen molar-refractivity contribution in [1.82, 2.24) is 0 Å². The number of benzene rings is 1. The SMILES string of the molecule is COc1ccc(-c2cc3c(s2)CCCC3)cc1. The zero-order chi connectivity index (χ0) is 11.7. The van der Waals surface area contributed by atoms with Gasteiger partial charge < -0.3 is 4.74 Å². The molecule has 88 valence electrons. The van der Waals surface area contributed by atoms with Gasteiger partial charge in [0.1, 0.15) is 5.75 Å². The molecule has 17 heavy (non-hydrogen) atoms. The molecule has 0 saturated heterocycles. The molecule has 1 aliphatic rings. The van der Waals surface area contributed by atoms with Gasteiger partial charge in [-0.15, -0.1) is 11.3 Å². The highest BCUT2D eigenvalue weighted by molar-refractivity contribution is 7.15. The molecule has 3 rings (SSSR count). The van der Waals surface area contributed by atoms with E-state index in [-0.39, 0.29) is 0 Å². The molecule has 0 saturated carbocycles. The van der Waals surface area contributed by atoms with Crippen LogP contribution in [-0.2, 0) is 12.8 Å². The largest absolute Gasteiger partial charge is 0.497 e. The highest BCUT2D eigenvalue weighted by atomic mass is 32.1. The van der Waals surface area contributed by atoms with Crippen molar-refractivity contribution in [3.8, 4) is 16.2 Å². The maximum Gasteiger partial charge on any atom is 0.118 e. The number of rotatable bonds is 2. The Balaban J connectivity index is 1.94. The lowest BCUT2D eigenvalue weighted by Gasteiger charge is -2.08. The molecule has 0 unspecified atom stereocenters. The van der Waals surface area contributed by atoms with Crippen molar-refractivity contribution in [2.45, 2.75) is 25.7 Å². The van der Waals surface area contributed by atoms with Gasteiger partial charge >= 0.3 is 0 Å². The van der Waals surface area contributed by atoms with Gasteiger partial charge in [-0.3, -0.25) is 0 Å². The molecule has 1 heterocycles. The molecule has 0 spiro atoms. The summed E-state index contributed by atoms with van der Waals surface area (Å²) in [6.07, 6.45) is 5.25. The van der Waals surface area contributed by atoms with Crippen molar-refractivity contribution in [2.24, 2.45) is 0 Å². The Bertz CT molecular complexity index is 487. The summed E-state index contributed by atoms with van der Waals surface area (Å²) in [7, 11) is 1.71. The summed E-state index contributed by atoms with van der Waals surface area (Å²) < 4.78 is 5.19. The van der Waals surface area contributed by atoms with Crippen molar-refractivity contribution in [3.63, 3.8) is 0 Å². The number of thiophene rings is 1. The van der Waals surface area contributed by atoms with Crippen molar-refractivity contribution < 1.29 is 4.74 Å². The third-order valence-corrected chi connectivity index (χ3v) is 4.66. The van der Waals surface area contributed by atoms with E-state index in [1.807, 2.05) is 23.5 Å². The second-order valence-electron chi connectivity index (χ2n) is 4.49. The maximum atomic E-state index is 5.19. The number of aryl methyl sites for hydroxylation is 2. The highest BCUT2D eigenvalue weighted by Crippen LogP contribution is 2.36. The standard InChI is InChI=1S/C15H16OS/c1-16-13-8-6-11(7-9-13)15-10-12-4-2-3-5-14(12)17-15/h6-10H,2-5H2,1H3. The first-order chi connectivity index (χ1) is 8.36. The lowest BCUT2D eigenvalue weighted by Crippen LogP contribution is -1.96. The van der Waals surface area contributed by atoms with Gasteiger partial charge in [0.2, 0.25) is 0 Å². The molecule has 0 bridgehead atoms. The van der Waals surface area contributed by atoms with Crippen LogP contribution in [0.2, 0.25) is 0 Å². The molecule has 1 aromatic carbocycles. The number of ether oxygens (including phenoxy) is 1. The Kier molecular flexibility index (Phi) is 2.89. The van der Waals surface area contributed by atoms with Gasteiger partial charge in [-0.05, 0) is 67.1 Å². The van der Waals surface area contributed by atoms with Crippen LogP contribution in [0.3, 0.4) is 0 Å². The van der Waals surface area contributed by atoms with Crippen LogP contribution in [0.25, 0.3) is 10.4 Å². The molecule has 1 nitrogen and oxygen atoms in total. The number of fused-ring (bicyclic) bond motifs is 1. The molecule has 1 aromatic heterocycles. The molecule has 2 heteroatoms. The highest BCUT2D eigenvalue weighted by Gasteiger charge is 2.13. The third kappa shape index (κ3) is 2.09. The van der Waals surface area contributed by atoms with Crippen LogP contribution in [-0.4, -0.2) is 7.11 Å². The normalized spacial score (nSPS) is 14.4. The smallest absolute Gasteiger partial charge is 0.118 e. The number of hydrogen-bond acceptors (Lipinski definition) is 2. The van der Waals surface area contributed by atoms with Crippen LogP contribution in [0.15, 0.2) is 30.3 Å². The van der Waals surface area contributed by atoms with Crippen molar-refractivity contribution in [3.05, 3.63) is 40.8 Å². The third-order valence-electron chi connectivity index (χ3n) is 3.37. The Morgan fingerprint density at radius 3 is 2.53 bits per heavy atom. The molecule has 0 N–H and O–H groups in total. The van der Waals surface area contributed by atoms with Crippen LogP contribution in [0.5, 0.6) is 5.75 Å².